The Bertz CT molecular complexity index is 560. The van der Waals surface area contributed by atoms with E-state index in [0.29, 0.717) is 16.3 Å². The van der Waals surface area contributed by atoms with E-state index in [2.05, 4.69) is 5.32 Å². The minimum Gasteiger partial charge on any atom is -0.397 e. The zero-order chi connectivity index (χ0) is 12.4. The van der Waals surface area contributed by atoms with Gasteiger partial charge >= 0.3 is 0 Å². The highest BCUT2D eigenvalue weighted by Crippen LogP contribution is 2.22. The number of benzene rings is 1. The molecule has 0 saturated carbocycles. The summed E-state index contributed by atoms with van der Waals surface area (Å²) in [5.74, 6) is -0.111. The summed E-state index contributed by atoms with van der Waals surface area (Å²) in [6.07, 6.45) is 0. The van der Waals surface area contributed by atoms with Gasteiger partial charge in [-0.2, -0.15) is 0 Å². The van der Waals surface area contributed by atoms with Crippen molar-refractivity contribution in [2.45, 2.75) is 13.8 Å². The van der Waals surface area contributed by atoms with Crippen molar-refractivity contribution in [1.82, 2.24) is 0 Å². The molecule has 0 saturated heterocycles. The number of aryl methyl sites for hydroxylation is 2. The molecule has 0 aliphatic rings. The third kappa shape index (κ3) is 2.65. The summed E-state index contributed by atoms with van der Waals surface area (Å²) in [6, 6.07) is 9.33. The first kappa shape index (κ1) is 11.7. The average Bonchev–Trinajstić information content (AvgIpc) is 2.70. The maximum absolute atomic E-state index is 11.9. The maximum atomic E-state index is 11.9. The second-order valence-electron chi connectivity index (χ2n) is 3.96. The Morgan fingerprint density at radius 2 is 2.00 bits per heavy atom. The highest BCUT2D eigenvalue weighted by molar-refractivity contribution is 7.14. The lowest BCUT2D eigenvalue weighted by atomic mass is 10.2. The van der Waals surface area contributed by atoms with Crippen molar-refractivity contribution in [3.05, 3.63) is 45.6 Å². The highest BCUT2D eigenvalue weighted by atomic mass is 32.1. The predicted octanol–water partition coefficient (Wildman–Crippen LogP) is 3.20. The van der Waals surface area contributed by atoms with Crippen molar-refractivity contribution in [2.75, 3.05) is 11.1 Å². The third-order valence-corrected chi connectivity index (χ3v) is 3.42. The van der Waals surface area contributed by atoms with Crippen LogP contribution in [-0.4, -0.2) is 5.91 Å². The van der Waals surface area contributed by atoms with E-state index in [1.807, 2.05) is 38.1 Å². The van der Waals surface area contributed by atoms with Gasteiger partial charge in [-0.15, -0.1) is 11.3 Å². The van der Waals surface area contributed by atoms with Crippen LogP contribution in [0.1, 0.15) is 20.1 Å². The molecule has 0 radical (unpaired) electrons. The second kappa shape index (κ2) is 4.59. The Balaban J connectivity index is 2.21. The molecule has 1 aromatic carbocycles. The summed E-state index contributed by atoms with van der Waals surface area (Å²) in [7, 11) is 0. The van der Waals surface area contributed by atoms with Gasteiger partial charge < -0.3 is 11.1 Å². The number of carbonyl (C=O) groups is 1. The van der Waals surface area contributed by atoms with E-state index in [-0.39, 0.29) is 5.91 Å². The Morgan fingerprint density at radius 1 is 1.24 bits per heavy atom. The molecule has 0 spiro atoms. The molecule has 0 unspecified atom stereocenters. The summed E-state index contributed by atoms with van der Waals surface area (Å²) < 4.78 is 0. The second-order valence-corrected chi connectivity index (χ2v) is 5.24. The molecule has 2 rings (SSSR count). The molecular formula is C13H14N2OS. The zero-order valence-electron chi connectivity index (χ0n) is 9.78. The van der Waals surface area contributed by atoms with Gasteiger partial charge in [0, 0.05) is 4.88 Å². The van der Waals surface area contributed by atoms with Gasteiger partial charge in [-0.1, -0.05) is 6.07 Å². The normalized spacial score (nSPS) is 10.2. The minimum absolute atomic E-state index is 0.111. The average molecular weight is 246 g/mol. The van der Waals surface area contributed by atoms with Crippen molar-refractivity contribution in [3.8, 4) is 0 Å². The fourth-order valence-electron chi connectivity index (χ4n) is 1.52. The van der Waals surface area contributed by atoms with Gasteiger partial charge in [0.2, 0.25) is 0 Å². The van der Waals surface area contributed by atoms with Crippen LogP contribution in [-0.2, 0) is 0 Å². The van der Waals surface area contributed by atoms with E-state index >= 15 is 0 Å². The van der Waals surface area contributed by atoms with Gasteiger partial charge in [0.05, 0.1) is 16.3 Å². The number of hydrogen-bond donors (Lipinski definition) is 2. The molecule has 17 heavy (non-hydrogen) atoms. The van der Waals surface area contributed by atoms with Crippen LogP contribution in [0.4, 0.5) is 11.4 Å². The molecule has 1 amide bonds. The molecule has 0 aliphatic heterocycles. The van der Waals surface area contributed by atoms with E-state index in [1.165, 1.54) is 11.3 Å². The monoisotopic (exact) mass is 246 g/mol. The number of nitrogen functional groups attached to an aromatic ring is 1. The van der Waals surface area contributed by atoms with Gasteiger partial charge in [0.25, 0.3) is 5.91 Å². The molecular weight excluding hydrogens is 232 g/mol. The van der Waals surface area contributed by atoms with E-state index in [0.717, 1.165) is 10.4 Å². The molecule has 1 aromatic heterocycles. The van der Waals surface area contributed by atoms with Crippen LogP contribution in [0, 0.1) is 13.8 Å². The molecule has 3 N–H and O–H groups in total. The molecule has 3 nitrogen and oxygen atoms in total. The Labute approximate surface area is 104 Å². The van der Waals surface area contributed by atoms with Crippen LogP contribution in [0.2, 0.25) is 0 Å². The summed E-state index contributed by atoms with van der Waals surface area (Å²) >= 11 is 1.47. The standard InChI is InChI=1S/C13H14N2OS/c1-8-3-5-10(14)11(7-8)15-13(16)12-6-4-9(2)17-12/h3-7H,14H2,1-2H3,(H,15,16). The molecule has 0 fully saturated rings. The van der Waals surface area contributed by atoms with Gasteiger partial charge in [-0.3, -0.25) is 4.79 Å². The Hall–Kier alpha value is -1.81. The van der Waals surface area contributed by atoms with E-state index < -0.39 is 0 Å². The number of nitrogens with one attached hydrogen (secondary N) is 1. The molecule has 0 bridgehead atoms. The van der Waals surface area contributed by atoms with Crippen LogP contribution in [0.15, 0.2) is 30.3 Å². The lowest BCUT2D eigenvalue weighted by Gasteiger charge is -2.07. The zero-order valence-corrected chi connectivity index (χ0v) is 10.6. The smallest absolute Gasteiger partial charge is 0.265 e. The van der Waals surface area contributed by atoms with Crippen LogP contribution in [0.3, 0.4) is 0 Å². The van der Waals surface area contributed by atoms with Gasteiger partial charge in [0.15, 0.2) is 0 Å². The number of anilines is 2. The number of rotatable bonds is 2. The first-order valence-electron chi connectivity index (χ1n) is 5.30. The molecule has 2 aromatic rings. The summed E-state index contributed by atoms with van der Waals surface area (Å²) in [5, 5.41) is 2.83. The first-order chi connectivity index (χ1) is 8.06. The predicted molar refractivity (Wildman–Crippen MR) is 72.6 cm³/mol. The van der Waals surface area contributed by atoms with Crippen molar-refractivity contribution < 1.29 is 4.79 Å². The van der Waals surface area contributed by atoms with Crippen LogP contribution >= 0.6 is 11.3 Å². The lowest BCUT2D eigenvalue weighted by Crippen LogP contribution is -2.11. The number of hydrogen-bond acceptors (Lipinski definition) is 3. The summed E-state index contributed by atoms with van der Waals surface area (Å²) in [4.78, 5) is 13.8. The Morgan fingerprint density at radius 3 is 2.65 bits per heavy atom. The van der Waals surface area contributed by atoms with Crippen LogP contribution in [0.25, 0.3) is 0 Å². The Kier molecular flexibility index (Phi) is 3.15. The molecule has 88 valence electrons. The number of thiophene rings is 1. The molecule has 4 heteroatoms. The fourth-order valence-corrected chi connectivity index (χ4v) is 2.28. The van der Waals surface area contributed by atoms with E-state index in [4.69, 9.17) is 5.73 Å². The SMILES string of the molecule is Cc1ccc(N)c(NC(=O)c2ccc(C)s2)c1. The largest absolute Gasteiger partial charge is 0.397 e. The topological polar surface area (TPSA) is 55.1 Å². The fraction of sp³-hybridized carbons (Fsp3) is 0.154. The van der Waals surface area contributed by atoms with Gasteiger partial charge in [-0.05, 0) is 43.7 Å². The summed E-state index contributed by atoms with van der Waals surface area (Å²) in [6.45, 7) is 3.94. The van der Waals surface area contributed by atoms with Gasteiger partial charge in [0.1, 0.15) is 0 Å². The molecule has 0 aliphatic carbocycles. The van der Waals surface area contributed by atoms with E-state index in [9.17, 15) is 4.79 Å². The minimum atomic E-state index is -0.111. The van der Waals surface area contributed by atoms with Crippen molar-refractivity contribution >= 4 is 28.6 Å². The quantitative estimate of drug-likeness (QED) is 0.799. The van der Waals surface area contributed by atoms with E-state index in [1.54, 1.807) is 6.07 Å². The highest BCUT2D eigenvalue weighted by Gasteiger charge is 2.09. The first-order valence-corrected chi connectivity index (χ1v) is 6.12. The van der Waals surface area contributed by atoms with Crippen molar-refractivity contribution in [2.24, 2.45) is 0 Å². The van der Waals surface area contributed by atoms with Crippen LogP contribution in [0.5, 0.6) is 0 Å². The van der Waals surface area contributed by atoms with Gasteiger partial charge in [-0.25, -0.2) is 0 Å². The van der Waals surface area contributed by atoms with Crippen LogP contribution < -0.4 is 11.1 Å². The van der Waals surface area contributed by atoms with Crippen molar-refractivity contribution in [1.29, 1.82) is 0 Å². The lowest BCUT2D eigenvalue weighted by molar-refractivity contribution is 0.103. The number of nitrogens with two attached hydrogens (primary N) is 1. The van der Waals surface area contributed by atoms with Crippen molar-refractivity contribution in [3.63, 3.8) is 0 Å². The molecule has 0 atom stereocenters. The number of amides is 1. The third-order valence-electron chi connectivity index (χ3n) is 2.42. The summed E-state index contributed by atoms with van der Waals surface area (Å²) in [5.41, 5.74) is 8.12. The maximum Gasteiger partial charge on any atom is 0.265 e. The molecule has 1 heterocycles. The number of carbonyl (C=O) groups excluding carboxylic acids is 1.